The summed E-state index contributed by atoms with van der Waals surface area (Å²) in [5.41, 5.74) is 0.371. The highest BCUT2D eigenvalue weighted by molar-refractivity contribution is 8.03. The maximum atomic E-state index is 14.1. The Balaban J connectivity index is 1.34. The number of likely N-dealkylation sites (N-methyl/N-ethyl adjacent to an activating group) is 1. The molecule has 4 rings (SSSR count). The number of thioether (sulfide) groups is 2. The van der Waals surface area contributed by atoms with E-state index in [9.17, 15) is 33.6 Å². The Morgan fingerprint density at radius 1 is 0.897 bits per heavy atom. The Hall–Kier alpha value is -3.31. The smallest absolute Gasteiger partial charge is 0.325 e. The molecule has 0 heterocycles. The van der Waals surface area contributed by atoms with Crippen molar-refractivity contribution in [2.45, 2.75) is 162 Å². The van der Waals surface area contributed by atoms with Gasteiger partial charge in [0.15, 0.2) is 5.78 Å². The summed E-state index contributed by atoms with van der Waals surface area (Å²) in [6, 6.07) is -1.40. The molecule has 0 spiro atoms. The number of Topliss-reactive ketones (excluding diaryl/α,β-unsaturated/α-hetero) is 3. The summed E-state index contributed by atoms with van der Waals surface area (Å²) in [5, 5.41) is 14.9. The van der Waals surface area contributed by atoms with Crippen LogP contribution in [0.3, 0.4) is 0 Å². The van der Waals surface area contributed by atoms with Crippen LogP contribution in [0.4, 0.5) is 0 Å². The summed E-state index contributed by atoms with van der Waals surface area (Å²) in [5.74, 6) is -1.25. The van der Waals surface area contributed by atoms with Gasteiger partial charge in [-0.15, -0.1) is 0 Å². The number of allylic oxidation sites excluding steroid dienone is 5. The molecule has 4 aliphatic rings. The average Bonchev–Trinajstić information content (AvgIpc) is 3.61. The van der Waals surface area contributed by atoms with Crippen LogP contribution < -0.4 is 26.6 Å². The number of rotatable bonds is 26. The molecule has 3 saturated carbocycles. The molecule has 4 aliphatic carbocycles. The highest BCUT2D eigenvalue weighted by Gasteiger charge is 2.62. The van der Waals surface area contributed by atoms with Crippen molar-refractivity contribution in [1.29, 1.82) is 0 Å². The molecule has 0 aromatic rings. The SMILES string of the molecule is C=C1C=CC2(C)C(=C1)CCC1C2C(=O)CC2(C)C(C(=O)COC(=O)CNC(=O)C(CSC(C)C(C)SCC(NC(C)(C)C)C(=O)NCC)NC(=O)CCC(C)(C)OCNCC(=O)C(C)C)CCC12. The van der Waals surface area contributed by atoms with Crippen LogP contribution in [0.2, 0.25) is 0 Å². The standard InChI is InChI=1S/C52H83N5O9S2/c1-14-54-48(64)40(57-49(7,8)9)29-68-34(6)33(5)67-28-39(56-44(61)20-21-50(10,11)66-30-53-25-42(59)31(2)3)47(63)55-26-45(62)65-27-43(60)38-18-17-37-36-16-15-35-23-32(4)19-22-51(35,12)46(36)41(58)24-52(37,38)13/h19,22-23,31,33-34,36-40,46,53,57H,4,14-18,20-21,24-30H2,1-3,5-13H3,(H,54,64)(H,55,63)(H,56,61). The fourth-order valence-electron chi connectivity index (χ4n) is 10.6. The summed E-state index contributed by atoms with van der Waals surface area (Å²) in [7, 11) is 0. The lowest BCUT2D eigenvalue weighted by molar-refractivity contribution is -0.153. The van der Waals surface area contributed by atoms with E-state index in [1.165, 1.54) is 17.3 Å². The van der Waals surface area contributed by atoms with E-state index in [0.717, 1.165) is 24.8 Å². The van der Waals surface area contributed by atoms with E-state index in [1.54, 1.807) is 11.8 Å². The van der Waals surface area contributed by atoms with Crippen LogP contribution in [0, 0.1) is 40.4 Å². The number of ether oxygens (including phenoxy) is 2. The summed E-state index contributed by atoms with van der Waals surface area (Å²) < 4.78 is 11.4. The minimum Gasteiger partial charge on any atom is -0.456 e. The molecular weight excluding hydrogens is 903 g/mol. The van der Waals surface area contributed by atoms with Gasteiger partial charge in [0.1, 0.15) is 30.8 Å². The van der Waals surface area contributed by atoms with Gasteiger partial charge < -0.3 is 30.7 Å². The van der Waals surface area contributed by atoms with Crippen molar-refractivity contribution < 1.29 is 43.0 Å². The fourth-order valence-corrected chi connectivity index (χ4v) is 13.0. The number of nitrogens with one attached hydrogen (secondary N) is 5. The van der Waals surface area contributed by atoms with E-state index in [0.29, 0.717) is 31.6 Å². The van der Waals surface area contributed by atoms with Crippen molar-refractivity contribution >= 4 is 64.6 Å². The maximum Gasteiger partial charge on any atom is 0.325 e. The average molecular weight is 986 g/mol. The molecule has 0 aromatic heterocycles. The van der Waals surface area contributed by atoms with Gasteiger partial charge in [-0.1, -0.05) is 71.9 Å². The highest BCUT2D eigenvalue weighted by atomic mass is 32.2. The highest BCUT2D eigenvalue weighted by Crippen LogP contribution is 2.65. The molecule has 3 amide bonds. The monoisotopic (exact) mass is 986 g/mol. The van der Waals surface area contributed by atoms with Crippen LogP contribution in [0.5, 0.6) is 0 Å². The quantitative estimate of drug-likeness (QED) is 0.0370. The van der Waals surface area contributed by atoms with Gasteiger partial charge in [-0.2, -0.15) is 23.5 Å². The summed E-state index contributed by atoms with van der Waals surface area (Å²) in [6.07, 6.45) is 10.3. The second-order valence-electron chi connectivity index (χ2n) is 21.9. The molecule has 382 valence electrons. The van der Waals surface area contributed by atoms with Crippen molar-refractivity contribution in [3.05, 3.63) is 36.0 Å². The van der Waals surface area contributed by atoms with Gasteiger partial charge in [-0.05, 0) is 96.5 Å². The van der Waals surface area contributed by atoms with E-state index in [1.807, 2.05) is 68.4 Å². The first kappa shape index (κ1) is 57.3. The molecule has 68 heavy (non-hydrogen) atoms. The molecule has 3 fully saturated rings. The topological polar surface area (TPSA) is 198 Å². The van der Waals surface area contributed by atoms with Crippen LogP contribution >= 0.6 is 23.5 Å². The van der Waals surface area contributed by atoms with E-state index in [2.05, 4.69) is 66.1 Å². The Bertz CT molecular complexity index is 1930. The van der Waals surface area contributed by atoms with Crippen LogP contribution in [0.25, 0.3) is 0 Å². The van der Waals surface area contributed by atoms with Gasteiger partial charge in [-0.3, -0.25) is 38.9 Å². The lowest BCUT2D eigenvalue weighted by atomic mass is 9.47. The Kier molecular flexibility index (Phi) is 20.8. The molecule has 10 unspecified atom stereocenters. The Labute approximate surface area is 415 Å². The molecule has 0 aliphatic heterocycles. The molecule has 0 saturated heterocycles. The molecule has 0 aromatic carbocycles. The predicted molar refractivity (Wildman–Crippen MR) is 272 cm³/mol. The minimum absolute atomic E-state index is 0.0116. The van der Waals surface area contributed by atoms with Crippen molar-refractivity contribution in [3.63, 3.8) is 0 Å². The predicted octanol–water partition coefficient (Wildman–Crippen LogP) is 6.27. The lowest BCUT2D eigenvalue weighted by Gasteiger charge is -2.55. The van der Waals surface area contributed by atoms with Crippen LogP contribution in [-0.4, -0.2) is 119 Å². The largest absolute Gasteiger partial charge is 0.456 e. The van der Waals surface area contributed by atoms with E-state index in [-0.39, 0.29) is 99.7 Å². The van der Waals surface area contributed by atoms with Gasteiger partial charge >= 0.3 is 5.97 Å². The molecular formula is C52H83N5O9S2. The maximum absolute atomic E-state index is 14.1. The number of carbonyl (C=O) groups excluding carboxylic acids is 7. The first-order chi connectivity index (χ1) is 31.7. The zero-order valence-corrected chi connectivity index (χ0v) is 44.7. The molecule has 14 nitrogen and oxygen atoms in total. The van der Waals surface area contributed by atoms with Crippen molar-refractivity contribution in [3.8, 4) is 0 Å². The zero-order valence-electron chi connectivity index (χ0n) is 43.0. The van der Waals surface area contributed by atoms with Gasteiger partial charge in [0.25, 0.3) is 0 Å². The van der Waals surface area contributed by atoms with Crippen LogP contribution in [0.15, 0.2) is 36.0 Å². The van der Waals surface area contributed by atoms with Gasteiger partial charge in [-0.25, -0.2) is 0 Å². The first-order valence-corrected chi connectivity index (χ1v) is 26.8. The van der Waals surface area contributed by atoms with Gasteiger partial charge in [0, 0.05) is 70.1 Å². The second-order valence-corrected chi connectivity index (χ2v) is 24.7. The van der Waals surface area contributed by atoms with Crippen LogP contribution in [0.1, 0.15) is 128 Å². The van der Waals surface area contributed by atoms with Crippen molar-refractivity contribution in [2.24, 2.45) is 40.4 Å². The summed E-state index contributed by atoms with van der Waals surface area (Å²) >= 11 is 3.15. The number of carbonyl (C=O) groups is 7. The zero-order chi connectivity index (χ0) is 50.8. The van der Waals surface area contributed by atoms with Crippen LogP contribution in [-0.2, 0) is 43.0 Å². The minimum atomic E-state index is -1.00. The molecule has 10 atom stereocenters. The molecule has 0 bridgehead atoms. The Morgan fingerprint density at radius 3 is 2.18 bits per heavy atom. The lowest BCUT2D eigenvalue weighted by Crippen LogP contribution is -2.54. The van der Waals surface area contributed by atoms with Gasteiger partial charge in [0.2, 0.25) is 17.7 Å². The van der Waals surface area contributed by atoms with Crippen molar-refractivity contribution in [2.75, 3.05) is 44.5 Å². The summed E-state index contributed by atoms with van der Waals surface area (Å²) in [6.45, 7) is 27.7. The molecule has 0 radical (unpaired) electrons. The summed E-state index contributed by atoms with van der Waals surface area (Å²) in [4.78, 5) is 93.1. The normalized spacial score (nSPS) is 26.3. The fraction of sp³-hybridized carbons (Fsp3) is 0.750. The number of hydrogen-bond acceptors (Lipinski definition) is 13. The van der Waals surface area contributed by atoms with Gasteiger partial charge in [0.05, 0.1) is 24.9 Å². The third-order valence-electron chi connectivity index (χ3n) is 14.6. The Morgan fingerprint density at radius 2 is 1.54 bits per heavy atom. The number of hydrogen-bond donors (Lipinski definition) is 5. The number of fused-ring (bicyclic) bond motifs is 5. The number of amides is 3. The first-order valence-electron chi connectivity index (χ1n) is 24.7. The second kappa shape index (κ2) is 24.7. The molecule has 16 heteroatoms. The number of ketones is 3. The molecule has 5 N–H and O–H groups in total. The van der Waals surface area contributed by atoms with Crippen molar-refractivity contribution in [1.82, 2.24) is 26.6 Å². The van der Waals surface area contributed by atoms with E-state index >= 15 is 0 Å². The van der Waals surface area contributed by atoms with E-state index < -0.39 is 54.0 Å². The number of esters is 1. The third kappa shape index (κ3) is 15.6. The van der Waals surface area contributed by atoms with E-state index in [4.69, 9.17) is 9.47 Å². The third-order valence-corrected chi connectivity index (χ3v) is 17.7.